The Kier molecular flexibility index (Phi) is 4.31. The summed E-state index contributed by atoms with van der Waals surface area (Å²) in [5.41, 5.74) is 1.99. The van der Waals surface area contributed by atoms with Gasteiger partial charge in [-0.3, -0.25) is 10.2 Å². The minimum atomic E-state index is -3.77. The number of sulfonamides is 1. The van der Waals surface area contributed by atoms with Gasteiger partial charge in [0.05, 0.1) is 9.92 Å². The molecule has 0 fully saturated rings. The monoisotopic (exact) mass is 326 g/mol. The second-order valence-corrected chi connectivity index (χ2v) is 5.81. The average molecular weight is 328 g/mol. The highest BCUT2D eigenvalue weighted by molar-refractivity contribution is 9.10. The Morgan fingerprint density at radius 3 is 2.56 bits per heavy atom. The molecule has 0 saturated heterocycles. The number of hydrogen-bond acceptors (Lipinski definition) is 3. The van der Waals surface area contributed by atoms with E-state index in [0.717, 1.165) is 0 Å². The van der Waals surface area contributed by atoms with Crippen LogP contribution >= 0.6 is 27.5 Å². The summed E-state index contributed by atoms with van der Waals surface area (Å²) in [6.07, 6.45) is 0. The van der Waals surface area contributed by atoms with Crippen molar-refractivity contribution >= 4 is 43.5 Å². The van der Waals surface area contributed by atoms with Crippen molar-refractivity contribution in [2.75, 3.05) is 0 Å². The van der Waals surface area contributed by atoms with Gasteiger partial charge in [-0.25, -0.2) is 8.42 Å². The molecule has 0 aliphatic carbocycles. The maximum Gasteiger partial charge on any atom is 0.257 e. The van der Waals surface area contributed by atoms with Crippen molar-refractivity contribution in [2.24, 2.45) is 0 Å². The summed E-state index contributed by atoms with van der Waals surface area (Å²) in [6, 6.07) is 4.11. The van der Waals surface area contributed by atoms with Gasteiger partial charge < -0.3 is 0 Å². The fourth-order valence-electron chi connectivity index (χ4n) is 0.842. The highest BCUT2D eigenvalue weighted by Crippen LogP contribution is 2.24. The molecule has 0 unspecified atom stereocenters. The van der Waals surface area contributed by atoms with Gasteiger partial charge in [0, 0.05) is 11.4 Å². The predicted molar refractivity (Wildman–Crippen MR) is 63.3 cm³/mol. The normalized spacial score (nSPS) is 11.2. The molecule has 5 nitrogen and oxygen atoms in total. The van der Waals surface area contributed by atoms with Crippen LogP contribution in [0, 0.1) is 0 Å². The third-order valence-corrected chi connectivity index (χ3v) is 4.02. The number of rotatable bonds is 3. The Morgan fingerprint density at radius 2 is 2.06 bits per heavy atom. The Morgan fingerprint density at radius 1 is 1.44 bits per heavy atom. The van der Waals surface area contributed by atoms with Gasteiger partial charge in [-0.2, -0.15) is 0 Å². The molecule has 0 heterocycles. The van der Waals surface area contributed by atoms with Crippen LogP contribution in [0.4, 0.5) is 0 Å². The van der Waals surface area contributed by atoms with E-state index in [9.17, 15) is 13.2 Å². The average Bonchev–Trinajstić information content (AvgIpc) is 2.19. The Hall–Kier alpha value is -0.630. The topological polar surface area (TPSA) is 75.3 Å². The summed E-state index contributed by atoms with van der Waals surface area (Å²) < 4.78 is 23.7. The molecule has 1 amide bonds. The molecule has 1 rings (SSSR count). The maximum absolute atomic E-state index is 11.6. The van der Waals surface area contributed by atoms with Gasteiger partial charge >= 0.3 is 0 Å². The van der Waals surface area contributed by atoms with Gasteiger partial charge in [-0.05, 0) is 34.1 Å². The maximum atomic E-state index is 11.6. The molecule has 0 radical (unpaired) electrons. The van der Waals surface area contributed by atoms with Gasteiger partial charge in [0.15, 0.2) is 0 Å². The zero-order chi connectivity index (χ0) is 12.3. The molecule has 0 aromatic heterocycles. The van der Waals surface area contributed by atoms with Gasteiger partial charge in [-0.15, -0.1) is 4.83 Å². The van der Waals surface area contributed by atoms with E-state index >= 15 is 0 Å². The summed E-state index contributed by atoms with van der Waals surface area (Å²) in [5, 5.41) is 0.401. The SMILES string of the molecule is CC(=O)NNS(=O)(=O)c1ccc(Cl)c(Br)c1. The number of carbonyl (C=O) groups excluding carboxylic acids is 1. The van der Waals surface area contributed by atoms with Crippen LogP contribution in [0.15, 0.2) is 27.6 Å². The molecule has 0 atom stereocenters. The molecular weight excluding hydrogens is 320 g/mol. The zero-order valence-electron chi connectivity index (χ0n) is 8.12. The lowest BCUT2D eigenvalue weighted by Gasteiger charge is -2.07. The van der Waals surface area contributed by atoms with Crippen molar-refractivity contribution < 1.29 is 13.2 Å². The van der Waals surface area contributed by atoms with Crippen molar-refractivity contribution in [1.29, 1.82) is 0 Å². The number of benzene rings is 1. The van der Waals surface area contributed by atoms with E-state index in [1.807, 2.05) is 10.3 Å². The lowest BCUT2D eigenvalue weighted by atomic mass is 10.4. The van der Waals surface area contributed by atoms with Gasteiger partial charge in [-0.1, -0.05) is 11.6 Å². The van der Waals surface area contributed by atoms with Crippen LogP contribution in [0.3, 0.4) is 0 Å². The predicted octanol–water partition coefficient (Wildman–Crippen LogP) is 1.43. The largest absolute Gasteiger partial charge is 0.278 e. The van der Waals surface area contributed by atoms with Crippen LogP contribution in [-0.4, -0.2) is 14.3 Å². The molecule has 2 N–H and O–H groups in total. The molecule has 16 heavy (non-hydrogen) atoms. The lowest BCUT2D eigenvalue weighted by Crippen LogP contribution is -2.40. The molecule has 1 aromatic carbocycles. The minimum Gasteiger partial charge on any atom is -0.278 e. The van der Waals surface area contributed by atoms with Gasteiger partial charge in [0.2, 0.25) is 5.91 Å². The van der Waals surface area contributed by atoms with Crippen molar-refractivity contribution in [3.05, 3.63) is 27.7 Å². The lowest BCUT2D eigenvalue weighted by molar-refractivity contribution is -0.119. The van der Waals surface area contributed by atoms with Crippen molar-refractivity contribution in [1.82, 2.24) is 10.3 Å². The molecule has 88 valence electrons. The first-order valence-corrected chi connectivity index (χ1v) is 6.72. The molecule has 0 bridgehead atoms. The zero-order valence-corrected chi connectivity index (χ0v) is 11.3. The second-order valence-electron chi connectivity index (χ2n) is 2.86. The van der Waals surface area contributed by atoms with Crippen LogP contribution < -0.4 is 10.3 Å². The highest BCUT2D eigenvalue weighted by atomic mass is 79.9. The van der Waals surface area contributed by atoms with Crippen LogP contribution in [0.1, 0.15) is 6.92 Å². The second kappa shape index (κ2) is 5.13. The number of halogens is 2. The van der Waals surface area contributed by atoms with E-state index < -0.39 is 15.9 Å². The molecule has 0 saturated carbocycles. The Balaban J connectivity index is 2.99. The fourth-order valence-corrected chi connectivity index (χ4v) is 2.41. The van der Waals surface area contributed by atoms with E-state index in [2.05, 4.69) is 15.9 Å². The molecule has 0 aliphatic heterocycles. The standard InChI is InChI=1S/C8H8BrClN2O3S/c1-5(13)11-12-16(14,15)6-2-3-8(10)7(9)4-6/h2-4,12H,1H3,(H,11,13). The van der Waals surface area contributed by atoms with E-state index in [0.29, 0.717) is 9.50 Å². The summed E-state index contributed by atoms with van der Waals surface area (Å²) in [7, 11) is -3.77. The smallest absolute Gasteiger partial charge is 0.257 e. The van der Waals surface area contributed by atoms with Crippen LogP contribution in [0.2, 0.25) is 5.02 Å². The van der Waals surface area contributed by atoms with Crippen molar-refractivity contribution in [3.63, 3.8) is 0 Å². The first-order valence-electron chi connectivity index (χ1n) is 4.06. The van der Waals surface area contributed by atoms with Crippen molar-refractivity contribution in [3.8, 4) is 0 Å². The van der Waals surface area contributed by atoms with Crippen LogP contribution in [0.25, 0.3) is 0 Å². The summed E-state index contributed by atoms with van der Waals surface area (Å²) in [5.74, 6) is -0.503. The Bertz CT molecular complexity index is 518. The first kappa shape index (κ1) is 13.4. The molecular formula is C8H8BrClN2O3S. The summed E-state index contributed by atoms with van der Waals surface area (Å²) >= 11 is 8.83. The quantitative estimate of drug-likeness (QED) is 0.825. The minimum absolute atomic E-state index is 0.00229. The van der Waals surface area contributed by atoms with Crippen molar-refractivity contribution in [2.45, 2.75) is 11.8 Å². The third-order valence-electron chi connectivity index (χ3n) is 1.56. The first-order chi connectivity index (χ1) is 7.33. The summed E-state index contributed by atoms with van der Waals surface area (Å²) in [6.45, 7) is 1.19. The number of hydrogen-bond donors (Lipinski definition) is 2. The number of nitrogens with one attached hydrogen (secondary N) is 2. The molecule has 8 heteroatoms. The number of hydrazine groups is 1. The fraction of sp³-hybridized carbons (Fsp3) is 0.125. The number of amides is 1. The van der Waals surface area contributed by atoms with E-state index in [1.165, 1.54) is 25.1 Å². The van der Waals surface area contributed by atoms with E-state index in [4.69, 9.17) is 11.6 Å². The van der Waals surface area contributed by atoms with Gasteiger partial charge in [0.25, 0.3) is 10.0 Å². The molecule has 0 aliphatic rings. The molecule has 0 spiro atoms. The third kappa shape index (κ3) is 3.44. The van der Waals surface area contributed by atoms with Crippen LogP contribution in [0.5, 0.6) is 0 Å². The van der Waals surface area contributed by atoms with E-state index in [1.54, 1.807) is 0 Å². The van der Waals surface area contributed by atoms with E-state index in [-0.39, 0.29) is 4.90 Å². The molecule has 1 aromatic rings. The van der Waals surface area contributed by atoms with Gasteiger partial charge in [0.1, 0.15) is 0 Å². The highest BCUT2D eigenvalue weighted by Gasteiger charge is 2.15. The summed E-state index contributed by atoms with van der Waals surface area (Å²) in [4.78, 5) is 12.5. The Labute approximate surface area is 106 Å². The van der Waals surface area contributed by atoms with Crippen LogP contribution in [-0.2, 0) is 14.8 Å². The number of carbonyl (C=O) groups is 1.